The van der Waals surface area contributed by atoms with E-state index < -0.39 is 0 Å². The van der Waals surface area contributed by atoms with Crippen LogP contribution >= 0.6 is 0 Å². The summed E-state index contributed by atoms with van der Waals surface area (Å²) in [5.41, 5.74) is 8.74. The summed E-state index contributed by atoms with van der Waals surface area (Å²) in [6.07, 6.45) is 7.16. The lowest BCUT2D eigenvalue weighted by Crippen LogP contribution is -2.30. The van der Waals surface area contributed by atoms with E-state index in [4.69, 9.17) is 5.10 Å². The fourth-order valence-corrected chi connectivity index (χ4v) is 6.55. The smallest absolute Gasteiger partial charge is 0.220 e. The first-order valence-electron chi connectivity index (χ1n) is 14.0. The van der Waals surface area contributed by atoms with Gasteiger partial charge in [-0.15, -0.1) is 0 Å². The monoisotopic (exact) mass is 519 g/mol. The van der Waals surface area contributed by atoms with Crippen molar-refractivity contribution in [2.75, 3.05) is 0 Å². The van der Waals surface area contributed by atoms with Crippen molar-refractivity contribution in [3.05, 3.63) is 130 Å². The van der Waals surface area contributed by atoms with E-state index in [-0.39, 0.29) is 23.7 Å². The van der Waals surface area contributed by atoms with Crippen LogP contribution in [-0.4, -0.2) is 15.7 Å². The molecule has 198 valence electrons. The van der Waals surface area contributed by atoms with Crippen LogP contribution in [0.4, 0.5) is 4.39 Å². The molecule has 3 aromatic carbocycles. The number of carbonyl (C=O) groups excluding carboxylic acids is 1. The molecule has 3 atom stereocenters. The van der Waals surface area contributed by atoms with Gasteiger partial charge in [-0.3, -0.25) is 4.79 Å². The number of hydrogen-bond donors (Lipinski definition) is 1. The van der Waals surface area contributed by atoms with Crippen LogP contribution in [0, 0.1) is 11.7 Å². The van der Waals surface area contributed by atoms with Gasteiger partial charge in [0.2, 0.25) is 5.91 Å². The molecule has 1 aromatic heterocycles. The predicted octanol–water partition coefficient (Wildman–Crippen LogP) is 7.26. The SMILES string of the molecule is C[C@@H]1C2=C(CC[C@@H]2CC(NC(=O)CCc2ccccc2)c2ccccc2)Cc2c1cnn2-c1ccc(F)cc1. The summed E-state index contributed by atoms with van der Waals surface area (Å²) < 4.78 is 15.5. The number of fused-ring (bicyclic) bond motifs is 1. The van der Waals surface area contributed by atoms with Gasteiger partial charge in [0.15, 0.2) is 0 Å². The highest BCUT2D eigenvalue weighted by Gasteiger charge is 2.37. The van der Waals surface area contributed by atoms with Crippen LogP contribution in [0.3, 0.4) is 0 Å². The van der Waals surface area contributed by atoms with Gasteiger partial charge in [0.1, 0.15) is 5.82 Å². The van der Waals surface area contributed by atoms with Gasteiger partial charge in [-0.1, -0.05) is 78.7 Å². The Morgan fingerprint density at radius 1 is 1.03 bits per heavy atom. The second kappa shape index (κ2) is 11.0. The first-order chi connectivity index (χ1) is 19.1. The quantitative estimate of drug-likeness (QED) is 0.249. The van der Waals surface area contributed by atoms with Gasteiger partial charge in [-0.2, -0.15) is 5.10 Å². The van der Waals surface area contributed by atoms with Crippen molar-refractivity contribution in [3.8, 4) is 5.69 Å². The fourth-order valence-electron chi connectivity index (χ4n) is 6.55. The highest BCUT2D eigenvalue weighted by molar-refractivity contribution is 5.76. The summed E-state index contributed by atoms with van der Waals surface area (Å²) in [6, 6.07) is 27.1. The molecule has 39 heavy (non-hydrogen) atoms. The van der Waals surface area contributed by atoms with Crippen molar-refractivity contribution in [3.63, 3.8) is 0 Å². The lowest BCUT2D eigenvalue weighted by atomic mass is 9.77. The van der Waals surface area contributed by atoms with E-state index in [0.717, 1.165) is 43.4 Å². The zero-order valence-electron chi connectivity index (χ0n) is 22.3. The van der Waals surface area contributed by atoms with Crippen LogP contribution in [-0.2, 0) is 17.6 Å². The van der Waals surface area contributed by atoms with Crippen LogP contribution in [0.15, 0.2) is 102 Å². The fraction of sp³-hybridized carbons (Fsp3) is 0.294. The molecule has 1 unspecified atom stereocenters. The molecule has 1 amide bonds. The van der Waals surface area contributed by atoms with Crippen molar-refractivity contribution in [1.82, 2.24) is 15.1 Å². The third-order valence-electron chi connectivity index (χ3n) is 8.47. The minimum absolute atomic E-state index is 0.0261. The number of halogens is 1. The Morgan fingerprint density at radius 3 is 2.49 bits per heavy atom. The topological polar surface area (TPSA) is 46.9 Å². The Kier molecular flexibility index (Phi) is 7.14. The molecule has 0 saturated carbocycles. The molecule has 2 aliphatic carbocycles. The number of nitrogens with zero attached hydrogens (tertiary/aromatic N) is 2. The van der Waals surface area contributed by atoms with Crippen molar-refractivity contribution in [2.45, 2.75) is 57.4 Å². The molecule has 1 N–H and O–H groups in total. The second-order valence-electron chi connectivity index (χ2n) is 10.9. The third-order valence-corrected chi connectivity index (χ3v) is 8.47. The zero-order valence-corrected chi connectivity index (χ0v) is 22.3. The van der Waals surface area contributed by atoms with Crippen molar-refractivity contribution < 1.29 is 9.18 Å². The molecule has 0 bridgehead atoms. The molecule has 0 saturated heterocycles. The number of aryl methyl sites for hydroxylation is 1. The number of allylic oxidation sites excluding steroid dienone is 2. The lowest BCUT2D eigenvalue weighted by Gasteiger charge is -2.30. The highest BCUT2D eigenvalue weighted by Crippen LogP contribution is 2.49. The number of nitrogens with one attached hydrogen (secondary N) is 1. The van der Waals surface area contributed by atoms with Gasteiger partial charge in [-0.25, -0.2) is 9.07 Å². The first kappa shape index (κ1) is 25.3. The minimum atomic E-state index is -0.239. The average molecular weight is 520 g/mol. The maximum absolute atomic E-state index is 13.5. The Hall–Kier alpha value is -3.99. The molecule has 5 heteroatoms. The van der Waals surface area contributed by atoms with E-state index >= 15 is 0 Å². The molecule has 2 aliphatic rings. The molecule has 4 nitrogen and oxygen atoms in total. The largest absolute Gasteiger partial charge is 0.349 e. The number of amides is 1. The normalized spacial score (nSPS) is 18.9. The average Bonchev–Trinajstić information content (AvgIpc) is 3.58. The number of aromatic nitrogens is 2. The predicted molar refractivity (Wildman–Crippen MR) is 152 cm³/mol. The molecule has 4 aromatic rings. The first-order valence-corrected chi connectivity index (χ1v) is 14.0. The van der Waals surface area contributed by atoms with E-state index in [9.17, 15) is 9.18 Å². The highest BCUT2D eigenvalue weighted by atomic mass is 19.1. The molecule has 0 radical (unpaired) electrons. The Balaban J connectivity index is 1.20. The standard InChI is InChI=1S/C34H34FN3O/c1-23-30-22-36-38(29-17-15-28(35)16-18-29)32(30)21-27-14-13-26(34(23)27)20-31(25-10-6-3-7-11-25)37-33(39)19-12-24-8-4-2-5-9-24/h2-11,15-18,22-23,26,31H,12-14,19-21H2,1H3,(H,37,39)/t23-,26+,31?/m0/s1. The third kappa shape index (κ3) is 5.31. The van der Waals surface area contributed by atoms with Gasteiger partial charge >= 0.3 is 0 Å². The second-order valence-corrected chi connectivity index (χ2v) is 10.9. The van der Waals surface area contributed by atoms with Crippen LogP contribution in [0.2, 0.25) is 0 Å². The van der Waals surface area contributed by atoms with Crippen molar-refractivity contribution >= 4 is 5.91 Å². The molecular weight excluding hydrogens is 485 g/mol. The summed E-state index contributed by atoms with van der Waals surface area (Å²) in [5, 5.41) is 8.09. The van der Waals surface area contributed by atoms with Crippen LogP contribution < -0.4 is 5.32 Å². The molecular formula is C34H34FN3O. The maximum atomic E-state index is 13.5. The lowest BCUT2D eigenvalue weighted by molar-refractivity contribution is -0.121. The Bertz CT molecular complexity index is 1470. The van der Waals surface area contributed by atoms with Gasteiger partial charge in [-0.05, 0) is 67.0 Å². The summed E-state index contributed by atoms with van der Waals surface area (Å²) in [4.78, 5) is 13.1. The molecule has 1 heterocycles. The summed E-state index contributed by atoms with van der Waals surface area (Å²) in [6.45, 7) is 2.29. The molecule has 0 spiro atoms. The van der Waals surface area contributed by atoms with Crippen LogP contribution in [0.25, 0.3) is 5.69 Å². The van der Waals surface area contributed by atoms with E-state index in [1.807, 2.05) is 35.1 Å². The zero-order chi connectivity index (χ0) is 26.8. The van der Waals surface area contributed by atoms with Crippen LogP contribution in [0.5, 0.6) is 0 Å². The van der Waals surface area contributed by atoms with E-state index in [0.29, 0.717) is 12.3 Å². The number of hydrogen-bond acceptors (Lipinski definition) is 2. The van der Waals surface area contributed by atoms with E-state index in [2.05, 4.69) is 48.6 Å². The Morgan fingerprint density at radius 2 is 1.74 bits per heavy atom. The molecule has 0 aliphatic heterocycles. The maximum Gasteiger partial charge on any atom is 0.220 e. The van der Waals surface area contributed by atoms with Gasteiger partial charge in [0.25, 0.3) is 0 Å². The van der Waals surface area contributed by atoms with Crippen molar-refractivity contribution in [1.29, 1.82) is 0 Å². The number of carbonyl (C=O) groups is 1. The number of benzene rings is 3. The van der Waals surface area contributed by atoms with E-state index in [1.54, 1.807) is 12.1 Å². The summed E-state index contributed by atoms with van der Waals surface area (Å²) >= 11 is 0. The van der Waals surface area contributed by atoms with E-state index in [1.165, 1.54) is 40.1 Å². The van der Waals surface area contributed by atoms with Gasteiger partial charge in [0.05, 0.1) is 23.6 Å². The van der Waals surface area contributed by atoms with Gasteiger partial charge in [0, 0.05) is 24.3 Å². The van der Waals surface area contributed by atoms with Crippen LogP contribution in [0.1, 0.15) is 67.0 Å². The number of rotatable bonds is 8. The molecule has 0 fully saturated rings. The van der Waals surface area contributed by atoms with Crippen molar-refractivity contribution in [2.24, 2.45) is 5.92 Å². The molecule has 6 rings (SSSR count). The van der Waals surface area contributed by atoms with Gasteiger partial charge < -0.3 is 5.32 Å². The summed E-state index contributed by atoms with van der Waals surface area (Å²) in [7, 11) is 0. The summed E-state index contributed by atoms with van der Waals surface area (Å²) in [5.74, 6) is 0.545. The minimum Gasteiger partial charge on any atom is -0.349 e. The Labute approximate surface area is 229 Å².